The van der Waals surface area contributed by atoms with E-state index in [9.17, 15) is 13.2 Å². The van der Waals surface area contributed by atoms with E-state index < -0.39 is 10.0 Å². The van der Waals surface area contributed by atoms with Gasteiger partial charge in [0.2, 0.25) is 22.7 Å². The zero-order valence-corrected chi connectivity index (χ0v) is 18.5. The number of benzene rings is 2. The van der Waals surface area contributed by atoms with E-state index in [4.69, 9.17) is 21.1 Å². The van der Waals surface area contributed by atoms with Crippen molar-refractivity contribution in [1.29, 1.82) is 0 Å². The van der Waals surface area contributed by atoms with Gasteiger partial charge >= 0.3 is 0 Å². The van der Waals surface area contributed by atoms with E-state index in [1.165, 1.54) is 22.5 Å². The lowest BCUT2D eigenvalue weighted by molar-refractivity contribution is -0.115. The Morgan fingerprint density at radius 3 is 2.61 bits per heavy atom. The number of carbonyl (C=O) groups is 1. The number of nitrogens with zero attached hydrogens (tertiary/aromatic N) is 1. The summed E-state index contributed by atoms with van der Waals surface area (Å²) in [6, 6.07) is 9.96. The molecule has 0 bridgehead atoms. The van der Waals surface area contributed by atoms with Crippen LogP contribution < -0.4 is 20.1 Å². The van der Waals surface area contributed by atoms with Crippen molar-refractivity contribution in [2.75, 3.05) is 31.7 Å². The van der Waals surface area contributed by atoms with Gasteiger partial charge in [0.15, 0.2) is 11.5 Å². The molecule has 0 radical (unpaired) electrons. The Hall–Kier alpha value is -2.33. The van der Waals surface area contributed by atoms with Crippen molar-refractivity contribution in [3.05, 3.63) is 47.0 Å². The third kappa shape index (κ3) is 5.12. The summed E-state index contributed by atoms with van der Waals surface area (Å²) < 4.78 is 37.9. The van der Waals surface area contributed by atoms with Crippen molar-refractivity contribution < 1.29 is 22.7 Å². The van der Waals surface area contributed by atoms with Gasteiger partial charge in [0.05, 0.1) is 22.2 Å². The van der Waals surface area contributed by atoms with Gasteiger partial charge in [0.25, 0.3) is 0 Å². The summed E-state index contributed by atoms with van der Waals surface area (Å²) in [4.78, 5) is 12.5. The molecule has 2 aromatic carbocycles. The van der Waals surface area contributed by atoms with E-state index >= 15 is 0 Å². The number of hydrogen-bond donors (Lipinski definition) is 2. The first-order valence-corrected chi connectivity index (χ1v) is 11.9. The van der Waals surface area contributed by atoms with E-state index in [0.717, 1.165) is 24.8 Å². The number of halogens is 1. The molecule has 2 aromatic rings. The maximum atomic E-state index is 12.9. The highest BCUT2D eigenvalue weighted by Gasteiger charge is 2.26. The molecule has 0 aromatic heterocycles. The van der Waals surface area contributed by atoms with Crippen LogP contribution >= 0.6 is 11.6 Å². The molecule has 8 nitrogen and oxygen atoms in total. The van der Waals surface area contributed by atoms with Gasteiger partial charge < -0.3 is 20.1 Å². The molecule has 2 heterocycles. The molecule has 1 fully saturated rings. The van der Waals surface area contributed by atoms with Crippen LogP contribution in [0, 0.1) is 0 Å². The Morgan fingerprint density at radius 1 is 1.03 bits per heavy atom. The highest BCUT2D eigenvalue weighted by atomic mass is 35.5. The first-order valence-electron chi connectivity index (χ1n) is 10.1. The number of anilines is 1. The number of ether oxygens (including phenoxy) is 2. The molecule has 0 spiro atoms. The van der Waals surface area contributed by atoms with Crippen LogP contribution in [-0.2, 0) is 21.4 Å². The second-order valence-corrected chi connectivity index (χ2v) is 9.79. The number of amides is 1. The quantitative estimate of drug-likeness (QED) is 0.652. The van der Waals surface area contributed by atoms with Crippen molar-refractivity contribution in [2.45, 2.75) is 30.7 Å². The molecular formula is C21H24ClN3O5S. The van der Waals surface area contributed by atoms with Crippen molar-refractivity contribution in [3.8, 4) is 11.5 Å². The minimum absolute atomic E-state index is 0.0356. The molecule has 0 atom stereocenters. The molecule has 166 valence electrons. The molecule has 1 saturated heterocycles. The second-order valence-electron chi connectivity index (χ2n) is 7.45. The van der Waals surface area contributed by atoms with Gasteiger partial charge in [-0.1, -0.05) is 24.1 Å². The molecule has 10 heteroatoms. The van der Waals surface area contributed by atoms with Crippen LogP contribution in [0.4, 0.5) is 5.69 Å². The van der Waals surface area contributed by atoms with E-state index in [0.29, 0.717) is 31.1 Å². The summed E-state index contributed by atoms with van der Waals surface area (Å²) in [6.45, 7) is 1.73. The SMILES string of the molecule is O=C(CNCc1ccc2c(c1)OCO2)Nc1cc(S(=O)(=O)N2CCCCC2)ccc1Cl. The topological polar surface area (TPSA) is 97.0 Å². The minimum atomic E-state index is -3.61. The lowest BCUT2D eigenvalue weighted by Crippen LogP contribution is -2.35. The maximum absolute atomic E-state index is 12.9. The van der Waals surface area contributed by atoms with Crippen LogP contribution in [0.1, 0.15) is 24.8 Å². The van der Waals surface area contributed by atoms with Crippen LogP contribution in [-0.4, -0.2) is 45.1 Å². The first-order chi connectivity index (χ1) is 14.9. The fourth-order valence-electron chi connectivity index (χ4n) is 3.58. The Balaban J connectivity index is 1.36. The number of carbonyl (C=O) groups excluding carboxylic acids is 1. The molecule has 2 aliphatic heterocycles. The van der Waals surface area contributed by atoms with E-state index in [2.05, 4.69) is 10.6 Å². The van der Waals surface area contributed by atoms with Crippen LogP contribution in [0.5, 0.6) is 11.5 Å². The molecule has 0 aliphatic carbocycles. The number of sulfonamides is 1. The second kappa shape index (κ2) is 9.44. The highest BCUT2D eigenvalue weighted by Crippen LogP contribution is 2.32. The van der Waals surface area contributed by atoms with Crippen molar-refractivity contribution >= 4 is 33.2 Å². The van der Waals surface area contributed by atoms with Crippen LogP contribution in [0.2, 0.25) is 5.02 Å². The summed E-state index contributed by atoms with van der Waals surface area (Å²) in [7, 11) is -3.61. The van der Waals surface area contributed by atoms with Crippen molar-refractivity contribution in [2.24, 2.45) is 0 Å². The first kappa shape index (κ1) is 21.9. The molecule has 0 saturated carbocycles. The standard InChI is InChI=1S/C21H24ClN3O5S/c22-17-6-5-16(31(27,28)25-8-2-1-3-9-25)11-18(17)24-21(26)13-23-12-15-4-7-19-20(10-15)30-14-29-19/h4-7,10-11,23H,1-3,8-9,12-14H2,(H,24,26). The largest absolute Gasteiger partial charge is 0.454 e. The average molecular weight is 466 g/mol. The van der Waals surface area contributed by atoms with Gasteiger partial charge in [-0.25, -0.2) is 8.42 Å². The zero-order valence-electron chi connectivity index (χ0n) is 16.9. The van der Waals surface area contributed by atoms with Gasteiger partial charge in [-0.05, 0) is 48.7 Å². The lowest BCUT2D eigenvalue weighted by atomic mass is 10.2. The Morgan fingerprint density at radius 2 is 1.81 bits per heavy atom. The number of fused-ring (bicyclic) bond motifs is 1. The monoisotopic (exact) mass is 465 g/mol. The Bertz CT molecular complexity index is 1070. The normalized spacial score (nSPS) is 16.3. The van der Waals surface area contributed by atoms with Crippen LogP contribution in [0.25, 0.3) is 0 Å². The number of hydrogen-bond acceptors (Lipinski definition) is 6. The molecule has 1 amide bonds. The van der Waals surface area contributed by atoms with Gasteiger partial charge in [-0.15, -0.1) is 0 Å². The number of piperidine rings is 1. The summed E-state index contributed by atoms with van der Waals surface area (Å²) in [5.74, 6) is 1.06. The van der Waals surface area contributed by atoms with Gasteiger partial charge in [-0.2, -0.15) is 4.31 Å². The summed E-state index contributed by atoms with van der Waals surface area (Å²) >= 11 is 6.19. The fraction of sp³-hybridized carbons (Fsp3) is 0.381. The Labute approximate surface area is 186 Å². The number of nitrogens with one attached hydrogen (secondary N) is 2. The molecule has 2 N–H and O–H groups in total. The summed E-state index contributed by atoms with van der Waals surface area (Å²) in [5.41, 5.74) is 1.22. The van der Waals surface area contributed by atoms with Crippen LogP contribution in [0.15, 0.2) is 41.3 Å². The predicted octanol–water partition coefficient (Wildman–Crippen LogP) is 2.97. The third-order valence-electron chi connectivity index (χ3n) is 5.22. The Kier molecular flexibility index (Phi) is 6.66. The predicted molar refractivity (Wildman–Crippen MR) is 117 cm³/mol. The maximum Gasteiger partial charge on any atom is 0.243 e. The molecule has 2 aliphatic rings. The van der Waals surface area contributed by atoms with E-state index in [-0.39, 0.29) is 34.9 Å². The van der Waals surface area contributed by atoms with Gasteiger partial charge in [-0.3, -0.25) is 4.79 Å². The minimum Gasteiger partial charge on any atom is -0.454 e. The zero-order chi connectivity index (χ0) is 21.8. The van der Waals surface area contributed by atoms with E-state index in [1.54, 1.807) is 0 Å². The molecule has 0 unspecified atom stereocenters. The highest BCUT2D eigenvalue weighted by molar-refractivity contribution is 7.89. The molecular weight excluding hydrogens is 442 g/mol. The number of rotatable bonds is 7. The van der Waals surface area contributed by atoms with Crippen molar-refractivity contribution in [1.82, 2.24) is 9.62 Å². The molecule has 4 rings (SSSR count). The third-order valence-corrected chi connectivity index (χ3v) is 7.44. The lowest BCUT2D eigenvalue weighted by Gasteiger charge is -2.26. The smallest absolute Gasteiger partial charge is 0.243 e. The average Bonchev–Trinajstić information content (AvgIpc) is 3.24. The van der Waals surface area contributed by atoms with Crippen LogP contribution in [0.3, 0.4) is 0 Å². The fourth-order valence-corrected chi connectivity index (χ4v) is 5.29. The molecule has 31 heavy (non-hydrogen) atoms. The summed E-state index contributed by atoms with van der Waals surface area (Å²) in [5, 5.41) is 6.02. The van der Waals surface area contributed by atoms with E-state index in [1.807, 2.05) is 18.2 Å². The summed E-state index contributed by atoms with van der Waals surface area (Å²) in [6.07, 6.45) is 2.74. The van der Waals surface area contributed by atoms with Gasteiger partial charge in [0, 0.05) is 19.6 Å². The van der Waals surface area contributed by atoms with Crippen molar-refractivity contribution in [3.63, 3.8) is 0 Å². The van der Waals surface area contributed by atoms with Gasteiger partial charge in [0.1, 0.15) is 0 Å².